The molecule has 2 rings (SSSR count). The van der Waals surface area contributed by atoms with Gasteiger partial charge in [-0.2, -0.15) is 9.40 Å². The SMILES string of the molecule is COC1CN(S(=O)(=O)c2cn[nH]c2)CC1OC. The van der Waals surface area contributed by atoms with Gasteiger partial charge in [-0.3, -0.25) is 5.10 Å². The Hall–Kier alpha value is -0.960. The molecule has 0 saturated carbocycles. The van der Waals surface area contributed by atoms with E-state index in [1.165, 1.54) is 16.7 Å². The Kier molecular flexibility index (Phi) is 3.48. The predicted octanol–water partition coefficient (Wildman–Crippen LogP) is -0.556. The van der Waals surface area contributed by atoms with Gasteiger partial charge in [-0.25, -0.2) is 8.42 Å². The van der Waals surface area contributed by atoms with Gasteiger partial charge in [0.2, 0.25) is 10.0 Å². The fourth-order valence-electron chi connectivity index (χ4n) is 1.89. The lowest BCUT2D eigenvalue weighted by Gasteiger charge is -2.13. The van der Waals surface area contributed by atoms with Crippen molar-refractivity contribution >= 4 is 10.0 Å². The summed E-state index contributed by atoms with van der Waals surface area (Å²) in [7, 11) is -0.409. The summed E-state index contributed by atoms with van der Waals surface area (Å²) in [5.74, 6) is 0. The van der Waals surface area contributed by atoms with Crippen LogP contribution in [0.1, 0.15) is 0 Å². The van der Waals surface area contributed by atoms with Crippen molar-refractivity contribution in [3.63, 3.8) is 0 Å². The molecule has 7 nitrogen and oxygen atoms in total. The van der Waals surface area contributed by atoms with Crippen LogP contribution in [-0.4, -0.2) is 62.4 Å². The van der Waals surface area contributed by atoms with Crippen molar-refractivity contribution in [1.29, 1.82) is 0 Å². The third-order valence-electron chi connectivity index (χ3n) is 2.90. The molecule has 0 aliphatic carbocycles. The zero-order valence-electron chi connectivity index (χ0n) is 9.66. The van der Waals surface area contributed by atoms with E-state index in [1.807, 2.05) is 0 Å². The van der Waals surface area contributed by atoms with Gasteiger partial charge in [0.25, 0.3) is 0 Å². The van der Waals surface area contributed by atoms with E-state index in [0.717, 1.165) is 0 Å². The summed E-state index contributed by atoms with van der Waals surface area (Å²) < 4.78 is 36.1. The first-order valence-electron chi connectivity index (χ1n) is 5.14. The molecule has 0 radical (unpaired) electrons. The van der Waals surface area contributed by atoms with Crippen molar-refractivity contribution in [2.24, 2.45) is 0 Å². The number of ether oxygens (including phenoxy) is 2. The average molecular weight is 261 g/mol. The third-order valence-corrected chi connectivity index (χ3v) is 4.70. The van der Waals surface area contributed by atoms with Crippen LogP contribution in [0.2, 0.25) is 0 Å². The molecule has 1 fully saturated rings. The van der Waals surface area contributed by atoms with Crippen LogP contribution in [-0.2, 0) is 19.5 Å². The molecule has 1 saturated heterocycles. The lowest BCUT2D eigenvalue weighted by atomic mass is 10.3. The van der Waals surface area contributed by atoms with E-state index in [4.69, 9.17) is 9.47 Å². The number of sulfonamides is 1. The summed E-state index contributed by atoms with van der Waals surface area (Å²) in [6, 6.07) is 0. The topological polar surface area (TPSA) is 84.5 Å². The van der Waals surface area contributed by atoms with Gasteiger partial charge >= 0.3 is 0 Å². The molecule has 0 amide bonds. The van der Waals surface area contributed by atoms with Crippen molar-refractivity contribution in [1.82, 2.24) is 14.5 Å². The van der Waals surface area contributed by atoms with Crippen LogP contribution >= 0.6 is 0 Å². The average Bonchev–Trinajstić information content (AvgIpc) is 2.98. The van der Waals surface area contributed by atoms with Gasteiger partial charge in [0, 0.05) is 33.5 Å². The molecule has 1 aliphatic rings. The molecule has 1 N–H and O–H groups in total. The number of aromatic nitrogens is 2. The molecule has 0 spiro atoms. The number of methoxy groups -OCH3 is 2. The maximum absolute atomic E-state index is 12.2. The normalized spacial score (nSPS) is 26.5. The van der Waals surface area contributed by atoms with Crippen LogP contribution in [0.3, 0.4) is 0 Å². The van der Waals surface area contributed by atoms with Crippen molar-refractivity contribution in [3.05, 3.63) is 12.4 Å². The molecule has 8 heteroatoms. The number of nitrogens with zero attached hydrogens (tertiary/aromatic N) is 2. The van der Waals surface area contributed by atoms with Crippen molar-refractivity contribution in [2.75, 3.05) is 27.3 Å². The van der Waals surface area contributed by atoms with E-state index in [1.54, 1.807) is 14.2 Å². The van der Waals surface area contributed by atoms with Crippen LogP contribution in [0, 0.1) is 0 Å². The van der Waals surface area contributed by atoms with Crippen LogP contribution < -0.4 is 0 Å². The minimum absolute atomic E-state index is 0.157. The van der Waals surface area contributed by atoms with Crippen LogP contribution in [0.25, 0.3) is 0 Å². The number of hydrogen-bond donors (Lipinski definition) is 1. The number of nitrogens with one attached hydrogen (secondary N) is 1. The second kappa shape index (κ2) is 4.73. The predicted molar refractivity (Wildman–Crippen MR) is 58.9 cm³/mol. The number of hydrogen-bond acceptors (Lipinski definition) is 5. The van der Waals surface area contributed by atoms with Gasteiger partial charge in [0.15, 0.2) is 0 Å². The summed E-state index contributed by atoms with van der Waals surface area (Å²) in [6.07, 6.45) is 2.18. The fourth-order valence-corrected chi connectivity index (χ4v) is 3.26. The zero-order chi connectivity index (χ0) is 12.5. The Morgan fingerprint density at radius 1 is 1.35 bits per heavy atom. The van der Waals surface area contributed by atoms with Gasteiger partial charge in [0.05, 0.1) is 18.4 Å². The molecule has 0 aromatic carbocycles. The second-order valence-electron chi connectivity index (χ2n) is 3.80. The molecule has 1 aromatic heterocycles. The van der Waals surface area contributed by atoms with E-state index in [9.17, 15) is 8.42 Å². The Morgan fingerprint density at radius 3 is 2.35 bits per heavy atom. The van der Waals surface area contributed by atoms with Crippen LogP contribution in [0.4, 0.5) is 0 Å². The Balaban J connectivity index is 2.20. The third kappa shape index (κ3) is 2.21. The molecule has 17 heavy (non-hydrogen) atoms. The molecule has 0 bridgehead atoms. The molecule has 1 aliphatic heterocycles. The molecule has 2 atom stereocenters. The molecular weight excluding hydrogens is 246 g/mol. The highest BCUT2D eigenvalue weighted by Crippen LogP contribution is 2.23. The molecule has 2 heterocycles. The molecular formula is C9H15N3O4S. The largest absolute Gasteiger partial charge is 0.377 e. The summed E-state index contributed by atoms with van der Waals surface area (Å²) in [5.41, 5.74) is 0. The van der Waals surface area contributed by atoms with Gasteiger partial charge < -0.3 is 9.47 Å². The van der Waals surface area contributed by atoms with E-state index in [0.29, 0.717) is 13.1 Å². The quantitative estimate of drug-likeness (QED) is 0.785. The monoisotopic (exact) mass is 261 g/mol. The molecule has 96 valence electrons. The number of H-pyrrole nitrogens is 1. The van der Waals surface area contributed by atoms with E-state index >= 15 is 0 Å². The van der Waals surface area contributed by atoms with E-state index in [-0.39, 0.29) is 17.1 Å². The van der Waals surface area contributed by atoms with Gasteiger partial charge in [-0.1, -0.05) is 0 Å². The smallest absolute Gasteiger partial charge is 0.246 e. The van der Waals surface area contributed by atoms with E-state index < -0.39 is 10.0 Å². The Labute approximate surface area is 99.8 Å². The molecule has 1 aromatic rings. The van der Waals surface area contributed by atoms with Crippen LogP contribution in [0.15, 0.2) is 17.3 Å². The first-order chi connectivity index (χ1) is 8.09. The van der Waals surface area contributed by atoms with Gasteiger partial charge in [-0.05, 0) is 0 Å². The fraction of sp³-hybridized carbons (Fsp3) is 0.667. The highest BCUT2D eigenvalue weighted by Gasteiger charge is 2.40. The summed E-state index contributed by atoms with van der Waals surface area (Å²) in [4.78, 5) is 0.157. The van der Waals surface area contributed by atoms with Crippen molar-refractivity contribution in [2.45, 2.75) is 17.1 Å². The summed E-state index contributed by atoms with van der Waals surface area (Å²) >= 11 is 0. The lowest BCUT2D eigenvalue weighted by Crippen LogP contribution is -2.29. The Bertz CT molecular complexity index is 447. The van der Waals surface area contributed by atoms with Crippen LogP contribution in [0.5, 0.6) is 0 Å². The standard InChI is InChI=1S/C9H15N3O4S/c1-15-8-5-12(6-9(8)16-2)17(13,14)7-3-10-11-4-7/h3-4,8-9H,5-6H2,1-2H3,(H,10,11). The lowest BCUT2D eigenvalue weighted by molar-refractivity contribution is -0.00461. The van der Waals surface area contributed by atoms with Crippen molar-refractivity contribution < 1.29 is 17.9 Å². The Morgan fingerprint density at radius 2 is 1.94 bits per heavy atom. The van der Waals surface area contributed by atoms with Crippen molar-refractivity contribution in [3.8, 4) is 0 Å². The first-order valence-corrected chi connectivity index (χ1v) is 6.58. The minimum atomic E-state index is -3.50. The molecule has 2 unspecified atom stereocenters. The minimum Gasteiger partial charge on any atom is -0.377 e. The summed E-state index contributed by atoms with van der Waals surface area (Å²) in [5, 5.41) is 6.14. The maximum atomic E-state index is 12.2. The number of aromatic amines is 1. The zero-order valence-corrected chi connectivity index (χ0v) is 10.5. The van der Waals surface area contributed by atoms with Gasteiger partial charge in [0.1, 0.15) is 4.90 Å². The van der Waals surface area contributed by atoms with E-state index in [2.05, 4.69) is 10.2 Å². The highest BCUT2D eigenvalue weighted by molar-refractivity contribution is 7.89. The first kappa shape index (κ1) is 12.5. The number of rotatable bonds is 4. The highest BCUT2D eigenvalue weighted by atomic mass is 32.2. The van der Waals surface area contributed by atoms with Gasteiger partial charge in [-0.15, -0.1) is 0 Å². The maximum Gasteiger partial charge on any atom is 0.246 e. The second-order valence-corrected chi connectivity index (χ2v) is 5.74. The summed E-state index contributed by atoms with van der Waals surface area (Å²) in [6.45, 7) is 0.588.